The summed E-state index contributed by atoms with van der Waals surface area (Å²) < 4.78 is 0. The van der Waals surface area contributed by atoms with Crippen LogP contribution < -0.4 is 0 Å². The molecule has 0 aromatic rings. The Morgan fingerprint density at radius 1 is 1.09 bits per heavy atom. The van der Waals surface area contributed by atoms with Crippen molar-refractivity contribution in [2.75, 3.05) is 0 Å². The molecule has 0 aliphatic heterocycles. The van der Waals surface area contributed by atoms with Gasteiger partial charge >= 0.3 is 5.97 Å². The molecular weight excluding hydrogens is 424 g/mol. The first-order valence-corrected chi connectivity index (χ1v) is 13.5. The number of hydrogen-bond donors (Lipinski definition) is 2. The van der Waals surface area contributed by atoms with Crippen molar-refractivity contribution in [3.63, 3.8) is 0 Å². The van der Waals surface area contributed by atoms with Crippen LogP contribution in [-0.2, 0) is 9.59 Å². The lowest BCUT2D eigenvalue weighted by Crippen LogP contribution is -2.54. The molecule has 4 rings (SSSR count). The maximum atomic E-state index is 12.8. The second-order valence-electron chi connectivity index (χ2n) is 13.5. The topological polar surface area (TPSA) is 74.6 Å². The number of fused-ring (bicyclic) bond motifs is 4. The molecule has 0 bridgehead atoms. The van der Waals surface area contributed by atoms with Gasteiger partial charge in [-0.15, -0.1) is 0 Å². The average molecular weight is 471 g/mol. The zero-order valence-corrected chi connectivity index (χ0v) is 22.5. The Morgan fingerprint density at radius 2 is 1.76 bits per heavy atom. The van der Waals surface area contributed by atoms with Crippen molar-refractivity contribution >= 4 is 11.8 Å². The average Bonchev–Trinajstić information content (AvgIpc) is 3.11. The number of carboxylic acid groups (broad SMARTS) is 1. The van der Waals surface area contributed by atoms with Crippen LogP contribution in [0.1, 0.15) is 106 Å². The summed E-state index contributed by atoms with van der Waals surface area (Å²) in [5, 5.41) is 20.8. The van der Waals surface area contributed by atoms with Crippen LogP contribution in [0, 0.1) is 39.9 Å². The molecule has 2 N–H and O–H groups in total. The molecule has 2 unspecified atom stereocenters. The van der Waals surface area contributed by atoms with E-state index in [1.807, 2.05) is 6.92 Å². The molecule has 2 saturated carbocycles. The van der Waals surface area contributed by atoms with E-state index in [-0.39, 0.29) is 22.2 Å². The van der Waals surface area contributed by atoms with Crippen molar-refractivity contribution in [3.8, 4) is 0 Å². The van der Waals surface area contributed by atoms with E-state index < -0.39 is 11.6 Å². The normalized spacial score (nSPS) is 41.4. The first-order valence-electron chi connectivity index (χ1n) is 13.5. The third-order valence-corrected chi connectivity index (χ3v) is 11.2. The third-order valence-electron chi connectivity index (χ3n) is 11.2. The van der Waals surface area contributed by atoms with Crippen LogP contribution in [0.15, 0.2) is 22.8 Å². The molecule has 4 aliphatic carbocycles. The number of aliphatic carboxylic acids is 1. The fraction of sp³-hybridized carbons (Fsp3) is 0.800. The molecule has 34 heavy (non-hydrogen) atoms. The van der Waals surface area contributed by atoms with Gasteiger partial charge in [0.15, 0.2) is 0 Å². The van der Waals surface area contributed by atoms with Gasteiger partial charge in [-0.1, -0.05) is 51.8 Å². The zero-order valence-electron chi connectivity index (χ0n) is 22.5. The van der Waals surface area contributed by atoms with Gasteiger partial charge in [0.05, 0.1) is 5.60 Å². The third kappa shape index (κ3) is 3.74. The summed E-state index contributed by atoms with van der Waals surface area (Å²) in [6, 6.07) is 0. The first kappa shape index (κ1) is 25.7. The second kappa shape index (κ2) is 8.32. The number of carbonyl (C=O) groups excluding carboxylic acids is 1. The Bertz CT molecular complexity index is 937. The van der Waals surface area contributed by atoms with E-state index in [4.69, 9.17) is 5.11 Å². The summed E-state index contributed by atoms with van der Waals surface area (Å²) in [5.74, 6) is 1.16. The maximum absolute atomic E-state index is 12.8. The fourth-order valence-corrected chi connectivity index (χ4v) is 9.29. The van der Waals surface area contributed by atoms with E-state index in [9.17, 15) is 14.7 Å². The standard InChI is InChI=1S/C30H46O4/c1-18(26(32)33)9-8-14-30(7,34)21-12-15-29(6)20-10-11-23-27(3,4)24(31)13-16-28(23,5)22(20)17-19(2)25(21)29/h9,19,21,23,25,34H,8,10-17H2,1-7H3,(H,32,33)/b18-9-/t19-,21+,23?,25?,28-,29+,30+/m1/s1. The quantitative estimate of drug-likeness (QED) is 0.345. The van der Waals surface area contributed by atoms with E-state index in [0.29, 0.717) is 48.4 Å². The van der Waals surface area contributed by atoms with Crippen LogP contribution in [0.25, 0.3) is 0 Å². The summed E-state index contributed by atoms with van der Waals surface area (Å²) in [6.45, 7) is 15.3. The van der Waals surface area contributed by atoms with Crippen molar-refractivity contribution in [3.05, 3.63) is 22.8 Å². The van der Waals surface area contributed by atoms with E-state index >= 15 is 0 Å². The number of rotatable bonds is 5. The van der Waals surface area contributed by atoms with E-state index in [1.54, 1.807) is 24.1 Å². The molecule has 4 heteroatoms. The first-order chi connectivity index (χ1) is 15.7. The second-order valence-corrected chi connectivity index (χ2v) is 13.5. The van der Waals surface area contributed by atoms with Crippen LogP contribution in [0.5, 0.6) is 0 Å². The maximum Gasteiger partial charge on any atom is 0.330 e. The molecule has 190 valence electrons. The number of aliphatic hydroxyl groups is 1. The van der Waals surface area contributed by atoms with Gasteiger partial charge in [0, 0.05) is 17.4 Å². The van der Waals surface area contributed by atoms with E-state index in [0.717, 1.165) is 38.5 Å². The van der Waals surface area contributed by atoms with Crippen molar-refractivity contribution in [1.29, 1.82) is 0 Å². The SMILES string of the molecule is C/C(=C/CC[C@](C)(O)[C@H]1CC[C@@]2(C)C3=C(C[C@@H](C)C12)[C@@]1(C)CCC(=O)C(C)(C)C1CC3)C(=O)O. The molecule has 0 aromatic carbocycles. The Balaban J connectivity index is 1.64. The Kier molecular flexibility index (Phi) is 6.28. The lowest BCUT2D eigenvalue weighted by molar-refractivity contribution is -0.139. The molecular formula is C30H46O4. The monoisotopic (exact) mass is 470 g/mol. The minimum Gasteiger partial charge on any atom is -0.478 e. The number of ketones is 1. The molecule has 0 amide bonds. The summed E-state index contributed by atoms with van der Waals surface area (Å²) in [5.41, 5.74) is 2.88. The molecule has 4 nitrogen and oxygen atoms in total. The minimum absolute atomic E-state index is 0.118. The molecule has 4 aliphatic rings. The van der Waals surface area contributed by atoms with Gasteiger partial charge in [-0.25, -0.2) is 4.79 Å². The van der Waals surface area contributed by atoms with Crippen molar-refractivity contribution in [1.82, 2.24) is 0 Å². The van der Waals surface area contributed by atoms with Gasteiger partial charge in [-0.2, -0.15) is 0 Å². The number of allylic oxidation sites excluding steroid dienone is 3. The van der Waals surface area contributed by atoms with E-state index in [1.165, 1.54) is 0 Å². The zero-order chi connectivity index (χ0) is 25.3. The van der Waals surface area contributed by atoms with Gasteiger partial charge < -0.3 is 10.2 Å². The van der Waals surface area contributed by atoms with Crippen molar-refractivity contribution in [2.24, 2.45) is 39.9 Å². The van der Waals surface area contributed by atoms with Gasteiger partial charge in [-0.05, 0) is 99.7 Å². The Labute approximate surface area is 206 Å². The predicted molar refractivity (Wildman–Crippen MR) is 135 cm³/mol. The van der Waals surface area contributed by atoms with Crippen molar-refractivity contribution in [2.45, 2.75) is 112 Å². The minimum atomic E-state index is -0.884. The van der Waals surface area contributed by atoms with Gasteiger partial charge in [0.25, 0.3) is 0 Å². The highest BCUT2D eigenvalue weighted by Crippen LogP contribution is 2.69. The molecule has 0 heterocycles. The molecule has 0 saturated heterocycles. The fourth-order valence-electron chi connectivity index (χ4n) is 9.29. The van der Waals surface area contributed by atoms with Crippen molar-refractivity contribution < 1.29 is 19.8 Å². The molecule has 7 atom stereocenters. The molecule has 0 radical (unpaired) electrons. The summed E-state index contributed by atoms with van der Waals surface area (Å²) in [7, 11) is 0. The van der Waals surface area contributed by atoms with Crippen LogP contribution in [0.4, 0.5) is 0 Å². The summed E-state index contributed by atoms with van der Waals surface area (Å²) in [4.78, 5) is 24.0. The van der Waals surface area contributed by atoms with Gasteiger partial charge in [0.1, 0.15) is 5.78 Å². The highest BCUT2D eigenvalue weighted by Gasteiger charge is 2.62. The lowest BCUT2D eigenvalue weighted by atomic mass is 9.44. The highest BCUT2D eigenvalue weighted by molar-refractivity contribution is 5.86. The summed E-state index contributed by atoms with van der Waals surface area (Å²) in [6.07, 6.45) is 10.1. The van der Waals surface area contributed by atoms with E-state index in [2.05, 4.69) is 34.6 Å². The molecule has 0 spiro atoms. The Hall–Kier alpha value is -1.42. The van der Waals surface area contributed by atoms with Gasteiger partial charge in [0.2, 0.25) is 0 Å². The van der Waals surface area contributed by atoms with Crippen LogP contribution in [-0.4, -0.2) is 27.6 Å². The molecule has 2 fully saturated rings. The van der Waals surface area contributed by atoms with Crippen LogP contribution in [0.3, 0.4) is 0 Å². The predicted octanol–water partition coefficient (Wildman–Crippen LogP) is 6.72. The van der Waals surface area contributed by atoms with Gasteiger partial charge in [-0.3, -0.25) is 4.79 Å². The number of hydrogen-bond acceptors (Lipinski definition) is 3. The lowest BCUT2D eigenvalue weighted by Gasteiger charge is -2.59. The largest absolute Gasteiger partial charge is 0.478 e. The number of Topliss-reactive ketones (excluding diaryl/α,β-unsaturated/α-hetero) is 1. The van der Waals surface area contributed by atoms with Crippen LogP contribution >= 0.6 is 0 Å². The summed E-state index contributed by atoms with van der Waals surface area (Å²) >= 11 is 0. The number of carboxylic acids is 1. The van der Waals surface area contributed by atoms with Crippen LogP contribution in [0.2, 0.25) is 0 Å². The molecule has 0 aromatic heterocycles. The smallest absolute Gasteiger partial charge is 0.330 e. The number of carbonyl (C=O) groups is 2. The Morgan fingerprint density at radius 3 is 2.41 bits per heavy atom. The highest BCUT2D eigenvalue weighted by atomic mass is 16.4.